The summed E-state index contributed by atoms with van der Waals surface area (Å²) >= 11 is 0. The fourth-order valence-electron chi connectivity index (χ4n) is 2.23. The summed E-state index contributed by atoms with van der Waals surface area (Å²) in [5.74, 6) is 2.11. The number of methoxy groups -OCH3 is 1. The number of aromatic nitrogens is 2. The largest absolute Gasteiger partial charge is 0.497 e. The second-order valence-corrected chi connectivity index (χ2v) is 4.61. The van der Waals surface area contributed by atoms with Crippen molar-refractivity contribution in [1.29, 1.82) is 0 Å². The molecule has 3 aromatic rings. The summed E-state index contributed by atoms with van der Waals surface area (Å²) in [5, 5.41) is 0. The van der Waals surface area contributed by atoms with E-state index in [0.717, 1.165) is 22.8 Å². The molecule has 0 radical (unpaired) electrons. The Morgan fingerprint density at radius 1 is 1.10 bits per heavy atom. The second-order valence-electron chi connectivity index (χ2n) is 4.61. The topological polar surface area (TPSA) is 61.8 Å². The minimum absolute atomic E-state index is 0.543. The van der Waals surface area contributed by atoms with E-state index >= 15 is 0 Å². The minimum Gasteiger partial charge on any atom is -0.497 e. The van der Waals surface area contributed by atoms with Crippen LogP contribution >= 0.6 is 0 Å². The minimum atomic E-state index is 0.543. The lowest BCUT2D eigenvalue weighted by molar-refractivity contribution is 0.412. The third-order valence-corrected chi connectivity index (χ3v) is 3.25. The van der Waals surface area contributed by atoms with Gasteiger partial charge in [-0.15, -0.1) is 0 Å². The Morgan fingerprint density at radius 3 is 2.57 bits per heavy atom. The first kappa shape index (κ1) is 13.5. The number of pyridine rings is 1. The highest BCUT2D eigenvalue weighted by Gasteiger charge is 2.13. The van der Waals surface area contributed by atoms with Gasteiger partial charge in [0.2, 0.25) is 5.88 Å². The molecule has 2 aromatic heterocycles. The summed E-state index contributed by atoms with van der Waals surface area (Å²) in [6, 6.07) is 13.3. The molecule has 1 aromatic carbocycles. The molecular formula is C16H17N3O2. The van der Waals surface area contributed by atoms with E-state index < -0.39 is 0 Å². The van der Waals surface area contributed by atoms with Gasteiger partial charge in [0.15, 0.2) is 0 Å². The number of nitrogens with zero attached hydrogens (tertiary/aromatic N) is 2. The smallest absolute Gasteiger partial charge is 0.241 e. The van der Waals surface area contributed by atoms with Gasteiger partial charge in [0.05, 0.1) is 12.8 Å². The average molecular weight is 283 g/mol. The Kier molecular flexibility index (Phi) is 3.75. The van der Waals surface area contributed by atoms with Crippen molar-refractivity contribution in [3.63, 3.8) is 0 Å². The number of nitrogens with two attached hydrogens (primary N) is 1. The molecule has 0 amide bonds. The number of imidazole rings is 1. The standard InChI is InChI=1S/C16H17N3O2/c1-20-12-5-7-13(8-6-12)21-16-14(9-10-17)19-11-3-2-4-15(19)18-16/h2-8,11H,9-10,17H2,1H3. The Balaban J connectivity index is 1.96. The summed E-state index contributed by atoms with van der Waals surface area (Å²) in [4.78, 5) is 4.52. The maximum Gasteiger partial charge on any atom is 0.241 e. The number of fused-ring (bicyclic) bond motifs is 1. The van der Waals surface area contributed by atoms with Gasteiger partial charge in [0.1, 0.15) is 17.1 Å². The summed E-state index contributed by atoms with van der Waals surface area (Å²) in [7, 11) is 1.64. The fourth-order valence-corrected chi connectivity index (χ4v) is 2.23. The van der Waals surface area contributed by atoms with E-state index in [9.17, 15) is 0 Å². The van der Waals surface area contributed by atoms with E-state index in [1.54, 1.807) is 7.11 Å². The molecule has 0 unspecified atom stereocenters. The van der Waals surface area contributed by atoms with Crippen molar-refractivity contribution in [2.24, 2.45) is 5.73 Å². The quantitative estimate of drug-likeness (QED) is 0.782. The molecule has 21 heavy (non-hydrogen) atoms. The van der Waals surface area contributed by atoms with Crippen molar-refractivity contribution in [3.8, 4) is 17.4 Å². The molecule has 0 aliphatic heterocycles. The Hall–Kier alpha value is -2.53. The summed E-state index contributed by atoms with van der Waals surface area (Å²) in [6.45, 7) is 0.543. The first-order chi connectivity index (χ1) is 10.3. The van der Waals surface area contributed by atoms with Gasteiger partial charge in [0.25, 0.3) is 0 Å². The molecule has 0 fully saturated rings. The van der Waals surface area contributed by atoms with Crippen molar-refractivity contribution in [3.05, 3.63) is 54.4 Å². The van der Waals surface area contributed by atoms with Crippen molar-refractivity contribution in [2.45, 2.75) is 6.42 Å². The van der Waals surface area contributed by atoms with Crippen LogP contribution in [-0.2, 0) is 6.42 Å². The number of hydrogen-bond donors (Lipinski definition) is 1. The SMILES string of the molecule is COc1ccc(Oc2nc3ccccn3c2CCN)cc1. The summed E-state index contributed by atoms with van der Waals surface area (Å²) < 4.78 is 13.0. The van der Waals surface area contributed by atoms with Crippen LogP contribution in [0.5, 0.6) is 17.4 Å². The average Bonchev–Trinajstić information content (AvgIpc) is 2.86. The Morgan fingerprint density at radius 2 is 1.86 bits per heavy atom. The van der Waals surface area contributed by atoms with Gasteiger partial charge in [-0.25, -0.2) is 0 Å². The van der Waals surface area contributed by atoms with Gasteiger partial charge >= 0.3 is 0 Å². The molecule has 5 nitrogen and oxygen atoms in total. The molecule has 0 saturated heterocycles. The molecule has 108 valence electrons. The van der Waals surface area contributed by atoms with Gasteiger partial charge in [-0.2, -0.15) is 4.98 Å². The van der Waals surface area contributed by atoms with E-state index in [0.29, 0.717) is 18.8 Å². The zero-order valence-corrected chi connectivity index (χ0v) is 11.8. The number of benzene rings is 1. The summed E-state index contributed by atoms with van der Waals surface area (Å²) in [6.07, 6.45) is 2.67. The van der Waals surface area contributed by atoms with Crippen LogP contribution in [0.3, 0.4) is 0 Å². The molecule has 2 N–H and O–H groups in total. The predicted octanol–water partition coefficient (Wildman–Crippen LogP) is 2.64. The van der Waals surface area contributed by atoms with Crippen LogP contribution in [0.2, 0.25) is 0 Å². The van der Waals surface area contributed by atoms with Crippen molar-refractivity contribution >= 4 is 5.65 Å². The molecular weight excluding hydrogens is 266 g/mol. The predicted molar refractivity (Wildman–Crippen MR) is 81.0 cm³/mol. The molecule has 0 spiro atoms. The van der Waals surface area contributed by atoms with E-state index in [1.807, 2.05) is 53.1 Å². The molecule has 5 heteroatoms. The first-order valence-electron chi connectivity index (χ1n) is 6.80. The van der Waals surface area contributed by atoms with Crippen LogP contribution in [-0.4, -0.2) is 23.0 Å². The zero-order valence-electron chi connectivity index (χ0n) is 11.8. The van der Waals surface area contributed by atoms with Crippen molar-refractivity contribution in [2.75, 3.05) is 13.7 Å². The van der Waals surface area contributed by atoms with Crippen LogP contribution in [0.15, 0.2) is 48.7 Å². The zero-order chi connectivity index (χ0) is 14.7. The van der Waals surface area contributed by atoms with E-state index in [-0.39, 0.29) is 0 Å². The maximum absolute atomic E-state index is 5.90. The molecule has 0 aliphatic carbocycles. The van der Waals surface area contributed by atoms with Crippen LogP contribution in [0.25, 0.3) is 5.65 Å². The third kappa shape index (κ3) is 2.68. The van der Waals surface area contributed by atoms with E-state index in [4.69, 9.17) is 15.2 Å². The van der Waals surface area contributed by atoms with Gasteiger partial charge in [-0.05, 0) is 42.9 Å². The van der Waals surface area contributed by atoms with Crippen LogP contribution < -0.4 is 15.2 Å². The third-order valence-electron chi connectivity index (χ3n) is 3.25. The molecule has 2 heterocycles. The Labute approximate surface area is 122 Å². The lowest BCUT2D eigenvalue weighted by atomic mass is 10.3. The summed E-state index contributed by atoms with van der Waals surface area (Å²) in [5.41, 5.74) is 7.52. The van der Waals surface area contributed by atoms with E-state index in [1.165, 1.54) is 0 Å². The normalized spacial score (nSPS) is 10.8. The number of ether oxygens (including phenoxy) is 2. The number of hydrogen-bond acceptors (Lipinski definition) is 4. The van der Waals surface area contributed by atoms with Crippen LogP contribution in [0, 0.1) is 0 Å². The molecule has 0 saturated carbocycles. The van der Waals surface area contributed by atoms with Crippen molar-refractivity contribution < 1.29 is 9.47 Å². The van der Waals surface area contributed by atoms with Crippen LogP contribution in [0.4, 0.5) is 0 Å². The molecule has 0 aliphatic rings. The lowest BCUT2D eigenvalue weighted by Crippen LogP contribution is -2.06. The van der Waals surface area contributed by atoms with Gasteiger partial charge in [-0.3, -0.25) is 0 Å². The monoisotopic (exact) mass is 283 g/mol. The molecule has 0 bridgehead atoms. The van der Waals surface area contributed by atoms with Gasteiger partial charge < -0.3 is 19.6 Å². The highest BCUT2D eigenvalue weighted by atomic mass is 16.5. The van der Waals surface area contributed by atoms with Crippen molar-refractivity contribution in [1.82, 2.24) is 9.38 Å². The highest BCUT2D eigenvalue weighted by molar-refractivity contribution is 5.47. The van der Waals surface area contributed by atoms with Gasteiger partial charge in [-0.1, -0.05) is 6.07 Å². The maximum atomic E-state index is 5.90. The first-order valence-corrected chi connectivity index (χ1v) is 6.80. The molecule has 3 rings (SSSR count). The molecule has 0 atom stereocenters. The van der Waals surface area contributed by atoms with E-state index in [2.05, 4.69) is 4.98 Å². The second kappa shape index (κ2) is 5.85. The van der Waals surface area contributed by atoms with Gasteiger partial charge in [0, 0.05) is 12.6 Å². The number of rotatable bonds is 5. The highest BCUT2D eigenvalue weighted by Crippen LogP contribution is 2.27. The lowest BCUT2D eigenvalue weighted by Gasteiger charge is -2.06. The Bertz CT molecular complexity index is 735. The fraction of sp³-hybridized carbons (Fsp3) is 0.188. The van der Waals surface area contributed by atoms with Crippen LogP contribution in [0.1, 0.15) is 5.69 Å².